The van der Waals surface area contributed by atoms with E-state index in [0.717, 1.165) is 12.1 Å². The fourth-order valence-electron chi connectivity index (χ4n) is 1.79. The molecule has 0 fully saturated rings. The molecule has 0 saturated heterocycles. The van der Waals surface area contributed by atoms with Crippen molar-refractivity contribution in [3.8, 4) is 5.75 Å². The molecule has 0 saturated carbocycles. The SMILES string of the molecule is COC(=O)c1ccc(C(OOc2ccccc2)C(F)(F)F)cc1. The van der Waals surface area contributed by atoms with E-state index in [9.17, 15) is 18.0 Å². The summed E-state index contributed by atoms with van der Waals surface area (Å²) in [5, 5.41) is 0. The number of halogens is 3. The Balaban J connectivity index is 2.17. The lowest BCUT2D eigenvalue weighted by molar-refractivity contribution is -0.333. The minimum Gasteiger partial charge on any atom is -0.465 e. The van der Waals surface area contributed by atoms with E-state index in [1.54, 1.807) is 18.2 Å². The number of methoxy groups -OCH3 is 1. The first kappa shape index (κ1) is 16.8. The highest BCUT2D eigenvalue weighted by atomic mass is 19.4. The minimum atomic E-state index is -4.68. The van der Waals surface area contributed by atoms with Crippen LogP contribution in [0.5, 0.6) is 5.75 Å². The number of ether oxygens (including phenoxy) is 1. The molecule has 0 aliphatic heterocycles. The predicted octanol–water partition coefficient (Wildman–Crippen LogP) is 4.09. The number of rotatable bonds is 5. The first-order valence-electron chi connectivity index (χ1n) is 6.55. The van der Waals surface area contributed by atoms with E-state index in [2.05, 4.69) is 9.62 Å². The van der Waals surface area contributed by atoms with E-state index in [0.29, 0.717) is 0 Å². The number of hydrogen-bond donors (Lipinski definition) is 0. The third kappa shape index (κ3) is 4.46. The van der Waals surface area contributed by atoms with Crippen LogP contribution in [0.4, 0.5) is 13.2 Å². The van der Waals surface area contributed by atoms with E-state index < -0.39 is 18.2 Å². The molecule has 0 amide bonds. The van der Waals surface area contributed by atoms with Gasteiger partial charge in [0.25, 0.3) is 0 Å². The maximum atomic E-state index is 13.1. The van der Waals surface area contributed by atoms with Crippen LogP contribution in [0.15, 0.2) is 54.6 Å². The van der Waals surface area contributed by atoms with Crippen LogP contribution in [-0.4, -0.2) is 19.3 Å². The Hall–Kier alpha value is -2.54. The zero-order chi connectivity index (χ0) is 16.9. The van der Waals surface area contributed by atoms with E-state index in [4.69, 9.17) is 4.89 Å². The van der Waals surface area contributed by atoms with E-state index in [1.165, 1.54) is 31.4 Å². The molecule has 122 valence electrons. The Morgan fingerprint density at radius 3 is 2.13 bits per heavy atom. The number of carbonyl (C=O) groups excluding carboxylic acids is 1. The molecular weight excluding hydrogens is 313 g/mol. The molecule has 23 heavy (non-hydrogen) atoms. The lowest BCUT2D eigenvalue weighted by Gasteiger charge is -2.20. The molecule has 0 N–H and O–H groups in total. The summed E-state index contributed by atoms with van der Waals surface area (Å²) in [5.41, 5.74) is -0.0535. The Morgan fingerprint density at radius 2 is 1.61 bits per heavy atom. The number of esters is 1. The van der Waals surface area contributed by atoms with Crippen molar-refractivity contribution in [3.05, 3.63) is 65.7 Å². The van der Waals surface area contributed by atoms with E-state index in [1.807, 2.05) is 0 Å². The third-order valence-corrected chi connectivity index (χ3v) is 2.92. The van der Waals surface area contributed by atoms with Crippen molar-refractivity contribution in [1.82, 2.24) is 0 Å². The molecule has 0 aliphatic carbocycles. The van der Waals surface area contributed by atoms with Crippen molar-refractivity contribution < 1.29 is 32.5 Å². The highest BCUT2D eigenvalue weighted by Gasteiger charge is 2.43. The second-order valence-electron chi connectivity index (χ2n) is 4.53. The van der Waals surface area contributed by atoms with Gasteiger partial charge in [0.2, 0.25) is 6.10 Å². The van der Waals surface area contributed by atoms with Crippen LogP contribution in [0.3, 0.4) is 0 Å². The van der Waals surface area contributed by atoms with Crippen LogP contribution in [0, 0.1) is 0 Å². The number of benzene rings is 2. The van der Waals surface area contributed by atoms with Crippen molar-refractivity contribution in [3.63, 3.8) is 0 Å². The average molecular weight is 326 g/mol. The number of alkyl halides is 3. The summed E-state index contributed by atoms with van der Waals surface area (Å²) in [6, 6.07) is 12.6. The molecule has 0 aromatic heterocycles. The Bertz CT molecular complexity index is 639. The number of hydrogen-bond acceptors (Lipinski definition) is 4. The monoisotopic (exact) mass is 326 g/mol. The first-order chi connectivity index (χ1) is 10.9. The summed E-state index contributed by atoms with van der Waals surface area (Å²) in [5.74, 6) is -0.491. The van der Waals surface area contributed by atoms with Crippen LogP contribution < -0.4 is 4.89 Å². The van der Waals surface area contributed by atoms with Gasteiger partial charge in [-0.2, -0.15) is 18.1 Å². The summed E-state index contributed by atoms with van der Waals surface area (Å²) < 4.78 is 43.9. The van der Waals surface area contributed by atoms with Gasteiger partial charge >= 0.3 is 12.1 Å². The van der Waals surface area contributed by atoms with Gasteiger partial charge in [-0.05, 0) is 29.8 Å². The Labute approximate surface area is 130 Å². The highest BCUT2D eigenvalue weighted by Crippen LogP contribution is 2.36. The van der Waals surface area contributed by atoms with Gasteiger partial charge < -0.3 is 9.62 Å². The topological polar surface area (TPSA) is 44.8 Å². The molecule has 0 aliphatic rings. The molecular formula is C16H13F3O4. The summed E-state index contributed by atoms with van der Waals surface area (Å²) in [6.45, 7) is 0. The van der Waals surface area contributed by atoms with Crippen LogP contribution >= 0.6 is 0 Å². The number of carbonyl (C=O) groups is 1. The summed E-state index contributed by atoms with van der Waals surface area (Å²) in [6.07, 6.45) is -6.96. The van der Waals surface area contributed by atoms with Crippen LogP contribution in [0.2, 0.25) is 0 Å². The molecule has 0 bridgehead atoms. The molecule has 1 unspecified atom stereocenters. The molecule has 4 nitrogen and oxygen atoms in total. The first-order valence-corrected chi connectivity index (χ1v) is 6.55. The maximum Gasteiger partial charge on any atom is 0.423 e. The van der Waals surface area contributed by atoms with Gasteiger partial charge in [-0.15, -0.1) is 0 Å². The van der Waals surface area contributed by atoms with Gasteiger partial charge in [0, 0.05) is 0 Å². The van der Waals surface area contributed by atoms with E-state index in [-0.39, 0.29) is 16.9 Å². The molecule has 2 aromatic rings. The van der Waals surface area contributed by atoms with Crippen LogP contribution in [0.25, 0.3) is 0 Å². The standard InChI is InChI=1S/C16H13F3O4/c1-21-15(20)12-9-7-11(8-10-12)14(16(17,18)19)23-22-13-5-3-2-4-6-13/h2-10,14H,1H3. The average Bonchev–Trinajstić information content (AvgIpc) is 2.54. The Kier molecular flexibility index (Phi) is 5.23. The quantitative estimate of drug-likeness (QED) is 0.472. The highest BCUT2D eigenvalue weighted by molar-refractivity contribution is 5.89. The minimum absolute atomic E-state index is 0.140. The van der Waals surface area contributed by atoms with E-state index >= 15 is 0 Å². The lowest BCUT2D eigenvalue weighted by Crippen LogP contribution is -2.25. The molecule has 0 spiro atoms. The zero-order valence-corrected chi connectivity index (χ0v) is 12.0. The van der Waals surface area contributed by atoms with Gasteiger partial charge in [-0.3, -0.25) is 0 Å². The lowest BCUT2D eigenvalue weighted by atomic mass is 10.1. The summed E-state index contributed by atoms with van der Waals surface area (Å²) in [7, 11) is 1.19. The molecule has 7 heteroatoms. The van der Waals surface area contributed by atoms with Crippen LogP contribution in [0.1, 0.15) is 22.0 Å². The van der Waals surface area contributed by atoms with Gasteiger partial charge in [0.05, 0.1) is 12.7 Å². The molecule has 0 radical (unpaired) electrons. The second-order valence-corrected chi connectivity index (χ2v) is 4.53. The maximum absolute atomic E-state index is 13.1. The Morgan fingerprint density at radius 1 is 1.00 bits per heavy atom. The molecule has 0 heterocycles. The van der Waals surface area contributed by atoms with Crippen molar-refractivity contribution in [2.75, 3.05) is 7.11 Å². The normalized spacial score (nSPS) is 12.5. The van der Waals surface area contributed by atoms with Gasteiger partial charge in [0.1, 0.15) is 0 Å². The van der Waals surface area contributed by atoms with Crippen molar-refractivity contribution in [2.45, 2.75) is 12.3 Å². The van der Waals surface area contributed by atoms with Crippen molar-refractivity contribution in [2.24, 2.45) is 0 Å². The fraction of sp³-hybridized carbons (Fsp3) is 0.188. The summed E-state index contributed by atoms with van der Waals surface area (Å²) >= 11 is 0. The fourth-order valence-corrected chi connectivity index (χ4v) is 1.79. The van der Waals surface area contributed by atoms with Gasteiger partial charge in [-0.1, -0.05) is 30.3 Å². The zero-order valence-electron chi connectivity index (χ0n) is 12.0. The smallest absolute Gasteiger partial charge is 0.423 e. The van der Waals surface area contributed by atoms with Gasteiger partial charge in [0.15, 0.2) is 5.75 Å². The van der Waals surface area contributed by atoms with Gasteiger partial charge in [-0.25, -0.2) is 4.79 Å². The predicted molar refractivity (Wildman–Crippen MR) is 74.7 cm³/mol. The van der Waals surface area contributed by atoms with Crippen molar-refractivity contribution >= 4 is 5.97 Å². The van der Waals surface area contributed by atoms with Crippen LogP contribution in [-0.2, 0) is 9.62 Å². The number of para-hydroxylation sites is 1. The second kappa shape index (κ2) is 7.15. The molecule has 2 rings (SSSR count). The molecule has 1 atom stereocenters. The largest absolute Gasteiger partial charge is 0.465 e. The van der Waals surface area contributed by atoms with Crippen molar-refractivity contribution in [1.29, 1.82) is 0 Å². The third-order valence-electron chi connectivity index (χ3n) is 2.92. The summed E-state index contributed by atoms with van der Waals surface area (Å²) in [4.78, 5) is 20.6. The molecule has 2 aromatic carbocycles.